The van der Waals surface area contributed by atoms with Crippen LogP contribution < -0.4 is 73.1 Å². The number of ether oxygens (including phenoxy) is 8. The molecule has 10 heterocycles. The number of nitrogens with zero attached hydrogens (tertiary/aromatic N) is 9. The number of carbonyl (C=O) groups excluding carboxylic acids is 3. The molecule has 148 heavy (non-hydrogen) atoms. The Bertz CT molecular complexity index is 6810. The molecule has 818 valence electrons. The van der Waals surface area contributed by atoms with Crippen LogP contribution in [0.3, 0.4) is 0 Å². The quantitative estimate of drug-likeness (QED) is 0.0113. The summed E-state index contributed by atoms with van der Waals surface area (Å²) < 4.78 is 225. The van der Waals surface area contributed by atoms with Crippen LogP contribution in [-0.2, 0) is 102 Å². The number of rotatable bonds is 40. The molecule has 4 fully saturated rings. The van der Waals surface area contributed by atoms with Crippen molar-refractivity contribution in [3.8, 4) is 23.1 Å². The zero-order valence-electron chi connectivity index (χ0n) is 78.7. The molecule has 4 aliphatic rings. The Morgan fingerprint density at radius 3 is 1.26 bits per heavy atom. The highest BCUT2D eigenvalue weighted by Crippen LogP contribution is 2.67. The standard InChI is InChI=1S/C24H32FN6O9P.C22H28FN6O9P.C21H27FN3O10P.C10H15BrFN2O15P3/c1-5-36-20-16-19(28-23(26)29-20)31(12-27-16)21-17(32)18(33)24(25,39-21)11-37-41(35,40-15-9-7-6-8-10-15)30-14(4)22(34)38-13(2)3;1-11(2)36-20(33)12(3)28-39(34,38-13-7-5-4-6-8-13)35-9-22(23)16(31)15(30)19(37-22)29-10-25-14-17(29)26-21(24)27-18(14)32;1-12(2)33-19(29)13(3)24-36(31,35-14-7-5-4-6-8-14)32-11-21(22)17(28)16(27)18(34-21)25-10-9-15(26)23-20(25)30;1-9(18)6(16)10(12,27-7(9)14-2-4(11)5(15)13-8(14)17)3-26-31(22,23)29-32(24,25)28-30(19,20)21/h6-10,12-14,17-18,21,32-33H,5,11H2,1-4H3,(H,30,35)(H2,26,28,29);4-8,10-12,15-16,19,30-31H,9H2,1-3H3,(H,28,34)(H3,24,26,27,32);4-10,12-13,16-18,27-28H,11H2,1-3H3,(H,24,31)(H,23,26,30);2,6-7,16,18H,3H2,1H3,(H,22,23)(H,24,25)(H,13,15,17)(H2,19,20,21)/t14?,17-,18+,21?,24-,41?;12-,15+,16-,19?,22+,39-;13?,16-,17+,18?,21-,36?;6-,7?,9+,10+/m1010/s1. The summed E-state index contributed by atoms with van der Waals surface area (Å²) in [4.78, 5) is 157. The van der Waals surface area contributed by atoms with Gasteiger partial charge in [0.1, 0.15) is 110 Å². The summed E-state index contributed by atoms with van der Waals surface area (Å²) in [6.07, 6.45) is -19.3. The third kappa shape index (κ3) is 30.2. The summed E-state index contributed by atoms with van der Waals surface area (Å²) in [5, 5.41) is 90.8. The first-order valence-corrected chi connectivity index (χ1v) is 53.0. The Kier molecular flexibility index (Phi) is 38.9. The molecule has 6 aromatic heterocycles. The first-order chi connectivity index (χ1) is 68.7. The van der Waals surface area contributed by atoms with Gasteiger partial charge in [0.05, 0.1) is 42.0 Å². The largest absolute Gasteiger partial charge is 0.490 e. The number of phosphoric acid groups is 3. The van der Waals surface area contributed by atoms with Crippen LogP contribution >= 0.6 is 62.6 Å². The highest BCUT2D eigenvalue weighted by molar-refractivity contribution is 9.10. The molecule has 10 unspecified atom stereocenters. The Hall–Kier alpha value is -10.3. The number of hydrogen-bond donors (Lipinski definition) is 20. The normalized spacial score (nSPS) is 27.0. The van der Waals surface area contributed by atoms with Crippen molar-refractivity contribution in [2.75, 3.05) is 44.5 Å². The lowest BCUT2D eigenvalue weighted by Crippen LogP contribution is -2.50. The van der Waals surface area contributed by atoms with Crippen LogP contribution in [0, 0.1) is 0 Å². The Morgan fingerprint density at radius 2 is 0.872 bits per heavy atom. The number of imidazole rings is 2. The van der Waals surface area contributed by atoms with Crippen LogP contribution in [0.15, 0.2) is 151 Å². The number of carbonyl (C=O) groups is 3. The van der Waals surface area contributed by atoms with Gasteiger partial charge < -0.3 is 123 Å². The number of alkyl halides is 4. The van der Waals surface area contributed by atoms with Crippen LogP contribution in [0.5, 0.6) is 23.1 Å². The summed E-state index contributed by atoms with van der Waals surface area (Å²) >= 11 is 2.79. The Labute approximate surface area is 837 Å². The van der Waals surface area contributed by atoms with Gasteiger partial charge in [0.25, 0.3) is 40.1 Å². The summed E-state index contributed by atoms with van der Waals surface area (Å²) in [6, 6.07) is 20.5. The molecule has 0 amide bonds. The second-order valence-corrected chi connectivity index (χ2v) is 43.4. The fourth-order valence-electron chi connectivity index (χ4n) is 13.4. The van der Waals surface area contributed by atoms with Gasteiger partial charge in [-0.05, 0) is 128 Å². The Balaban J connectivity index is 0.000000203. The number of H-pyrrole nitrogens is 3. The number of hydrogen-bond acceptors (Lipinski definition) is 46. The number of esters is 3. The van der Waals surface area contributed by atoms with Gasteiger partial charge in [0.15, 0.2) is 47.2 Å². The van der Waals surface area contributed by atoms with E-state index in [1.165, 1.54) is 63.5 Å². The summed E-state index contributed by atoms with van der Waals surface area (Å²) in [6.45, 7) is 11.1. The van der Waals surface area contributed by atoms with Crippen molar-refractivity contribution >= 4 is 115 Å². The van der Waals surface area contributed by atoms with E-state index in [2.05, 4.69) is 74.2 Å². The Morgan fingerprint density at radius 1 is 0.493 bits per heavy atom. The van der Waals surface area contributed by atoms with Crippen molar-refractivity contribution in [1.82, 2.24) is 73.4 Å². The molecule has 0 bridgehead atoms. The number of aromatic nitrogens is 12. The number of nitrogen functional groups attached to an aromatic ring is 2. The van der Waals surface area contributed by atoms with E-state index in [1.807, 2.05) is 4.98 Å². The van der Waals surface area contributed by atoms with Gasteiger partial charge in [0, 0.05) is 18.5 Å². The molecule has 0 radical (unpaired) electrons. The smallest absolute Gasteiger partial charge is 0.476 e. The van der Waals surface area contributed by atoms with Gasteiger partial charge >= 0.3 is 76.0 Å². The van der Waals surface area contributed by atoms with Crippen LogP contribution in [-0.4, -0.2) is 278 Å². The van der Waals surface area contributed by atoms with E-state index in [0.29, 0.717) is 9.13 Å². The number of aromatic amines is 3. The second-order valence-electron chi connectivity index (χ2n) is 33.1. The lowest BCUT2D eigenvalue weighted by Gasteiger charge is -2.27. The van der Waals surface area contributed by atoms with E-state index in [-0.39, 0.29) is 68.4 Å². The van der Waals surface area contributed by atoms with Gasteiger partial charge in [0.2, 0.25) is 17.8 Å². The predicted octanol–water partition coefficient (Wildman–Crippen LogP) is 2.14. The molecule has 9 aromatic rings. The number of fused-ring (bicyclic) bond motifs is 2. The van der Waals surface area contributed by atoms with Crippen LogP contribution in [0.25, 0.3) is 22.3 Å². The van der Waals surface area contributed by atoms with E-state index in [1.54, 1.807) is 108 Å². The topological polar surface area (TPSA) is 858 Å². The fourth-order valence-corrected chi connectivity index (χ4v) is 21.3. The monoisotopic (exact) mass is 2290 g/mol. The minimum absolute atomic E-state index is 0.0413. The highest BCUT2D eigenvalue weighted by atomic mass is 79.9. The molecule has 4 aliphatic heterocycles. The number of halogens is 5. The highest BCUT2D eigenvalue weighted by Gasteiger charge is 2.65. The summed E-state index contributed by atoms with van der Waals surface area (Å²) in [5.74, 6) is -15.5. The maximum absolute atomic E-state index is 16.0. The van der Waals surface area contributed by atoms with Crippen molar-refractivity contribution in [3.05, 3.63) is 179 Å². The zero-order chi connectivity index (χ0) is 110. The van der Waals surface area contributed by atoms with Gasteiger partial charge in [-0.25, -0.2) is 64.5 Å². The number of anilines is 2. The third-order valence-corrected chi connectivity index (χ3v) is 29.3. The van der Waals surface area contributed by atoms with Crippen LogP contribution in [0.1, 0.15) is 101 Å². The van der Waals surface area contributed by atoms with E-state index in [9.17, 15) is 111 Å². The predicted molar refractivity (Wildman–Crippen MR) is 496 cm³/mol. The van der Waals surface area contributed by atoms with Crippen molar-refractivity contribution in [3.63, 3.8) is 0 Å². The van der Waals surface area contributed by atoms with Crippen molar-refractivity contribution in [2.45, 2.75) is 209 Å². The molecular weight excluding hydrogens is 2190 g/mol. The van der Waals surface area contributed by atoms with E-state index >= 15 is 17.6 Å². The molecule has 71 heteroatoms. The minimum atomic E-state index is -5.90. The molecule has 13 rings (SSSR count). The molecular formula is C77H102BrF4N17O43P6. The maximum Gasteiger partial charge on any atom is 0.490 e. The lowest BCUT2D eigenvalue weighted by molar-refractivity contribution is -0.205. The number of phosphoric ester groups is 1. The number of para-hydroxylation sites is 3. The number of benzene rings is 3. The second kappa shape index (κ2) is 48.1. The fraction of sp³-hybridized carbons (Fsp3) is 0.494. The van der Waals surface area contributed by atoms with Crippen molar-refractivity contribution in [1.29, 1.82) is 0 Å². The van der Waals surface area contributed by atoms with Gasteiger partial charge in [-0.1, -0.05) is 54.6 Å². The molecule has 22 N–H and O–H groups in total. The number of aliphatic hydroxyl groups excluding tert-OH is 7. The molecule has 60 nitrogen and oxygen atoms in total. The summed E-state index contributed by atoms with van der Waals surface area (Å²) in [5.41, 5.74) is 4.07. The number of aliphatic hydroxyl groups is 8. The average molecular weight is 2300 g/mol. The molecule has 24 atom stereocenters. The van der Waals surface area contributed by atoms with Gasteiger partial charge in [-0.2, -0.15) is 38.8 Å². The first-order valence-electron chi connectivity index (χ1n) is 43.0. The molecule has 0 aliphatic carbocycles. The third-order valence-electron chi connectivity index (χ3n) is 20.1. The molecule has 0 spiro atoms. The van der Waals surface area contributed by atoms with Crippen LogP contribution in [0.4, 0.5) is 29.5 Å². The molecule has 3 aromatic carbocycles. The maximum atomic E-state index is 16.0. The molecule has 4 saturated heterocycles. The van der Waals surface area contributed by atoms with Crippen LogP contribution in [0.2, 0.25) is 0 Å². The zero-order valence-corrected chi connectivity index (χ0v) is 85.6. The van der Waals surface area contributed by atoms with E-state index in [0.717, 1.165) is 40.8 Å². The minimum Gasteiger partial charge on any atom is -0.476 e. The molecule has 0 saturated carbocycles. The summed E-state index contributed by atoms with van der Waals surface area (Å²) in [7, 11) is -30.9. The van der Waals surface area contributed by atoms with E-state index in [4.69, 9.17) is 91.2 Å². The first kappa shape index (κ1) is 120. The number of nitrogens with two attached hydrogens (primary N) is 2. The van der Waals surface area contributed by atoms with E-state index < -0.39 is 252 Å². The lowest BCUT2D eigenvalue weighted by atomic mass is 9.95. The SMILES string of the molecule is CC(C)OC(=O)C(C)NP(=O)(OC[C@@]1(F)OC(n2ccc(=O)[nH]c2=O)[C@H](O)[C@@H]1O)Oc1ccccc1.CC(C)OC(=O)[C@H](C)N[P@](=O)(OC[C@@]1(F)OC(n2cnc3c(=O)[nH]c(N)nc32)[C@H](O)[C@@H]1O)Oc1ccccc1.CCOc1nc(N)nc2c1ncn2C1O[C@](F)(COP(=O)(NC(C)C(=O)OC(C)C)Oc2ccccc2)[C@@H](O)[C@H]1O.C[C@]1(O)C(n2cc(Br)c(=O)[nH]c2=O)O[C@](F)(COP(=O)(O)OP(=O)(O)OP(=O)(O)O)[C@H]1O. The number of nitrogens with one attached hydrogen (secondary N) is 6. The average Bonchev–Trinajstić information content (AvgIpc) is 1.59. The van der Waals surface area contributed by atoms with Gasteiger partial charge in [-0.3, -0.25) is 80.1 Å². The van der Waals surface area contributed by atoms with Crippen molar-refractivity contribution < 1.29 is 198 Å². The van der Waals surface area contributed by atoms with Gasteiger partial charge in [-0.15, -0.1) is 0 Å². The van der Waals surface area contributed by atoms with Crippen molar-refractivity contribution in [2.24, 2.45) is 0 Å².